The van der Waals surface area contributed by atoms with Crippen LogP contribution in [0.1, 0.15) is 10.4 Å². The summed E-state index contributed by atoms with van der Waals surface area (Å²) in [6.45, 7) is 0. The fraction of sp³-hybridized carbons (Fsp3) is 0. The van der Waals surface area contributed by atoms with Crippen LogP contribution in [0.4, 0.5) is 4.39 Å². The molecule has 5 heteroatoms. The van der Waals surface area contributed by atoms with Gasteiger partial charge in [0.15, 0.2) is 0 Å². The Morgan fingerprint density at radius 1 is 1.58 bits per heavy atom. The van der Waals surface area contributed by atoms with Gasteiger partial charge in [0.1, 0.15) is 5.82 Å². The van der Waals surface area contributed by atoms with Gasteiger partial charge in [0.05, 0.1) is 3.57 Å². The molecule has 0 atom stereocenters. The quantitative estimate of drug-likeness (QED) is 0.424. The standard InChI is InChI=1S/C7H2BrClFIO/c8-4-1-3(7(9)12)2-5(10)6(4)11/h1-2H. The molecule has 64 valence electrons. The summed E-state index contributed by atoms with van der Waals surface area (Å²) in [6, 6.07) is 2.60. The van der Waals surface area contributed by atoms with Crippen LogP contribution in [0.15, 0.2) is 16.6 Å². The smallest absolute Gasteiger partial charge is 0.252 e. The highest BCUT2D eigenvalue weighted by molar-refractivity contribution is 14.1. The lowest BCUT2D eigenvalue weighted by Gasteiger charge is -1.99. The van der Waals surface area contributed by atoms with Crippen molar-refractivity contribution in [1.82, 2.24) is 0 Å². The molecule has 1 aromatic rings. The lowest BCUT2D eigenvalue weighted by molar-refractivity contribution is 0.108. The van der Waals surface area contributed by atoms with Crippen LogP contribution in [0.5, 0.6) is 0 Å². The van der Waals surface area contributed by atoms with Gasteiger partial charge in [0, 0.05) is 10.0 Å². The van der Waals surface area contributed by atoms with E-state index < -0.39 is 11.1 Å². The second-order valence-corrected chi connectivity index (χ2v) is 4.30. The summed E-state index contributed by atoms with van der Waals surface area (Å²) in [6.07, 6.45) is 0. The van der Waals surface area contributed by atoms with Gasteiger partial charge < -0.3 is 0 Å². The molecule has 0 aliphatic heterocycles. The number of rotatable bonds is 1. The van der Waals surface area contributed by atoms with E-state index in [1.54, 1.807) is 0 Å². The third kappa shape index (κ3) is 2.17. The molecule has 0 amide bonds. The monoisotopic (exact) mass is 362 g/mol. The van der Waals surface area contributed by atoms with Crippen LogP contribution < -0.4 is 0 Å². The molecule has 0 aliphatic carbocycles. The molecule has 0 saturated heterocycles. The van der Waals surface area contributed by atoms with Crippen molar-refractivity contribution in [2.75, 3.05) is 0 Å². The molecule has 0 fully saturated rings. The minimum atomic E-state index is -0.661. The van der Waals surface area contributed by atoms with Gasteiger partial charge in [-0.15, -0.1) is 0 Å². The Hall–Kier alpha value is 0.320. The fourth-order valence-corrected chi connectivity index (χ4v) is 1.53. The molecule has 1 nitrogen and oxygen atoms in total. The van der Waals surface area contributed by atoms with Crippen molar-refractivity contribution >= 4 is 55.4 Å². The van der Waals surface area contributed by atoms with Crippen LogP contribution in [0.2, 0.25) is 0 Å². The summed E-state index contributed by atoms with van der Waals surface area (Å²) in [7, 11) is 0. The lowest BCUT2D eigenvalue weighted by atomic mass is 10.2. The molecule has 12 heavy (non-hydrogen) atoms. The second kappa shape index (κ2) is 4.02. The van der Waals surface area contributed by atoms with Gasteiger partial charge in [0.2, 0.25) is 0 Å². The van der Waals surface area contributed by atoms with E-state index >= 15 is 0 Å². The average Bonchev–Trinajstić information content (AvgIpc) is 1.99. The van der Waals surface area contributed by atoms with Crippen LogP contribution in [0.3, 0.4) is 0 Å². The molecule has 0 aliphatic rings. The van der Waals surface area contributed by atoms with E-state index in [2.05, 4.69) is 15.9 Å². The zero-order valence-electron chi connectivity index (χ0n) is 5.57. The molecular formula is C7H2BrClFIO. The van der Waals surface area contributed by atoms with Crippen molar-refractivity contribution in [3.05, 3.63) is 31.6 Å². The first-order chi connectivity index (χ1) is 5.52. The highest BCUT2D eigenvalue weighted by atomic mass is 127. The molecule has 0 radical (unpaired) electrons. The first-order valence-corrected chi connectivity index (χ1v) is 5.11. The van der Waals surface area contributed by atoms with E-state index in [1.165, 1.54) is 6.07 Å². The van der Waals surface area contributed by atoms with Gasteiger partial charge in [-0.3, -0.25) is 4.79 Å². The molecule has 0 aromatic heterocycles. The summed E-state index contributed by atoms with van der Waals surface area (Å²) in [5, 5.41) is -0.661. The summed E-state index contributed by atoms with van der Waals surface area (Å²) in [4.78, 5) is 10.6. The van der Waals surface area contributed by atoms with Crippen LogP contribution in [-0.2, 0) is 0 Å². The molecule has 1 rings (SSSR count). The minimum Gasteiger partial charge on any atom is -0.276 e. The number of carbonyl (C=O) groups is 1. The van der Waals surface area contributed by atoms with E-state index in [-0.39, 0.29) is 5.56 Å². The minimum absolute atomic E-state index is 0.154. The van der Waals surface area contributed by atoms with E-state index in [1.807, 2.05) is 22.6 Å². The Bertz CT molecular complexity index is 319. The average molecular weight is 363 g/mol. The van der Waals surface area contributed by atoms with Crippen LogP contribution in [0, 0.1) is 9.39 Å². The predicted octanol–water partition coefficient (Wildman–Crippen LogP) is 3.57. The number of hydrogen-bond acceptors (Lipinski definition) is 1. The lowest BCUT2D eigenvalue weighted by Crippen LogP contribution is -1.93. The predicted molar refractivity (Wildman–Crippen MR) is 57.0 cm³/mol. The number of benzene rings is 1. The summed E-state index contributed by atoms with van der Waals surface area (Å²) >= 11 is 10.1. The number of hydrogen-bond donors (Lipinski definition) is 0. The second-order valence-electron chi connectivity index (χ2n) is 2.03. The van der Waals surface area contributed by atoms with Crippen LogP contribution in [-0.4, -0.2) is 5.24 Å². The SMILES string of the molecule is O=C(Cl)c1cc(F)c(I)c(Br)c1. The zero-order chi connectivity index (χ0) is 9.30. The number of carbonyl (C=O) groups excluding carboxylic acids is 1. The summed E-state index contributed by atoms with van der Waals surface area (Å²) < 4.78 is 13.9. The van der Waals surface area contributed by atoms with Gasteiger partial charge in [-0.2, -0.15) is 0 Å². The maximum Gasteiger partial charge on any atom is 0.252 e. The topological polar surface area (TPSA) is 17.1 Å². The Morgan fingerprint density at radius 2 is 2.17 bits per heavy atom. The van der Waals surface area contributed by atoms with Crippen LogP contribution >= 0.6 is 50.1 Å². The maximum absolute atomic E-state index is 13.0. The van der Waals surface area contributed by atoms with E-state index in [0.29, 0.717) is 8.04 Å². The third-order valence-electron chi connectivity index (χ3n) is 1.21. The molecular weight excluding hydrogens is 361 g/mol. The Balaban J connectivity index is 3.31. The largest absolute Gasteiger partial charge is 0.276 e. The Kier molecular flexibility index (Phi) is 3.48. The normalized spacial score (nSPS) is 10.0. The molecule has 0 N–H and O–H groups in total. The van der Waals surface area contributed by atoms with E-state index in [4.69, 9.17) is 11.6 Å². The molecule has 0 heterocycles. The Labute approximate surface area is 95.6 Å². The zero-order valence-corrected chi connectivity index (χ0v) is 10.1. The Morgan fingerprint density at radius 3 is 2.58 bits per heavy atom. The summed E-state index contributed by atoms with van der Waals surface area (Å²) in [5.74, 6) is -0.450. The molecule has 0 unspecified atom stereocenters. The highest BCUT2D eigenvalue weighted by Gasteiger charge is 2.09. The first-order valence-electron chi connectivity index (χ1n) is 2.86. The van der Waals surface area contributed by atoms with Gasteiger partial charge >= 0.3 is 0 Å². The van der Waals surface area contributed by atoms with Gasteiger partial charge in [0.25, 0.3) is 5.24 Å². The molecule has 0 bridgehead atoms. The first kappa shape index (κ1) is 10.4. The van der Waals surface area contributed by atoms with Crippen molar-refractivity contribution < 1.29 is 9.18 Å². The van der Waals surface area contributed by atoms with E-state index in [9.17, 15) is 9.18 Å². The number of halogens is 4. The highest BCUT2D eigenvalue weighted by Crippen LogP contribution is 2.24. The summed E-state index contributed by atoms with van der Waals surface area (Å²) in [5.41, 5.74) is 0.154. The van der Waals surface area contributed by atoms with Crippen molar-refractivity contribution in [2.24, 2.45) is 0 Å². The maximum atomic E-state index is 13.0. The van der Waals surface area contributed by atoms with Crippen molar-refractivity contribution in [3.8, 4) is 0 Å². The molecule has 0 spiro atoms. The van der Waals surface area contributed by atoms with Crippen molar-refractivity contribution in [1.29, 1.82) is 0 Å². The van der Waals surface area contributed by atoms with Gasteiger partial charge in [-0.1, -0.05) is 0 Å². The van der Waals surface area contributed by atoms with Gasteiger partial charge in [-0.25, -0.2) is 4.39 Å². The van der Waals surface area contributed by atoms with E-state index in [0.717, 1.165) is 6.07 Å². The molecule has 0 saturated carbocycles. The van der Waals surface area contributed by atoms with Crippen molar-refractivity contribution in [3.63, 3.8) is 0 Å². The third-order valence-corrected chi connectivity index (χ3v) is 3.89. The van der Waals surface area contributed by atoms with Gasteiger partial charge in [-0.05, 0) is 62.3 Å². The van der Waals surface area contributed by atoms with Crippen molar-refractivity contribution in [2.45, 2.75) is 0 Å². The molecule has 1 aromatic carbocycles. The fourth-order valence-electron chi connectivity index (χ4n) is 0.669. The van der Waals surface area contributed by atoms with Crippen LogP contribution in [0.25, 0.3) is 0 Å².